The van der Waals surface area contributed by atoms with Crippen LogP contribution in [-0.4, -0.2) is 46.9 Å². The lowest BCUT2D eigenvalue weighted by Crippen LogP contribution is -2.46. The highest BCUT2D eigenvalue weighted by Gasteiger charge is 2.24. The molecule has 0 aliphatic carbocycles. The van der Waals surface area contributed by atoms with Gasteiger partial charge >= 0.3 is 5.97 Å². The van der Waals surface area contributed by atoms with Gasteiger partial charge in [-0.2, -0.15) is 0 Å². The minimum absolute atomic E-state index is 0.0590. The SMILES string of the molecule is CCCCC/C=C\C/C=C\C/C=C\C/C=C\CCCC(=O)OC(CCCCCCCCCCCCCCCCCCC)CC(=O)NC(CO)C(O)CCCCCCCCCCCCC. The van der Waals surface area contributed by atoms with Crippen molar-refractivity contribution in [2.75, 3.05) is 6.61 Å². The summed E-state index contributed by atoms with van der Waals surface area (Å²) >= 11 is 0. The van der Waals surface area contributed by atoms with Crippen LogP contribution in [0.25, 0.3) is 0 Å². The van der Waals surface area contributed by atoms with Crippen LogP contribution >= 0.6 is 0 Å². The number of rotatable bonds is 50. The number of nitrogens with one attached hydrogen (secondary N) is 1. The number of aliphatic hydroxyl groups excluding tert-OH is 2. The van der Waals surface area contributed by atoms with Gasteiger partial charge in [-0.15, -0.1) is 0 Å². The number of allylic oxidation sites excluding steroid dienone is 8. The van der Waals surface area contributed by atoms with Crippen LogP contribution in [0, 0.1) is 0 Å². The van der Waals surface area contributed by atoms with E-state index in [1.807, 2.05) is 0 Å². The van der Waals surface area contributed by atoms with Crippen LogP contribution in [0.3, 0.4) is 0 Å². The molecule has 0 rings (SSSR count). The fourth-order valence-electron chi connectivity index (χ4n) is 8.42. The lowest BCUT2D eigenvalue weighted by Gasteiger charge is -2.24. The third-order valence-electron chi connectivity index (χ3n) is 12.7. The number of carbonyl (C=O) groups excluding carboxylic acids is 2. The number of amides is 1. The van der Waals surface area contributed by atoms with Crippen LogP contribution < -0.4 is 5.32 Å². The van der Waals surface area contributed by atoms with Crippen molar-refractivity contribution in [3.63, 3.8) is 0 Å². The van der Waals surface area contributed by atoms with Gasteiger partial charge in [-0.3, -0.25) is 9.59 Å². The van der Waals surface area contributed by atoms with E-state index in [-0.39, 0.29) is 24.9 Å². The molecule has 0 aromatic heterocycles. The van der Waals surface area contributed by atoms with Crippen LogP contribution in [0.4, 0.5) is 0 Å². The largest absolute Gasteiger partial charge is 0.462 e. The molecule has 0 aromatic carbocycles. The maximum Gasteiger partial charge on any atom is 0.306 e. The summed E-state index contributed by atoms with van der Waals surface area (Å²) in [5, 5.41) is 23.8. The molecule has 0 radical (unpaired) electrons. The van der Waals surface area contributed by atoms with Gasteiger partial charge in [-0.05, 0) is 64.2 Å². The van der Waals surface area contributed by atoms with E-state index in [4.69, 9.17) is 4.74 Å². The van der Waals surface area contributed by atoms with E-state index in [0.717, 1.165) is 64.2 Å². The van der Waals surface area contributed by atoms with Gasteiger partial charge in [0.05, 0.1) is 25.2 Å². The molecule has 0 bridgehead atoms. The highest BCUT2D eigenvalue weighted by molar-refractivity contribution is 5.77. The Morgan fingerprint density at radius 3 is 1.20 bits per heavy atom. The first-order valence-corrected chi connectivity index (χ1v) is 27.9. The molecule has 3 atom stereocenters. The van der Waals surface area contributed by atoms with Crippen molar-refractivity contribution >= 4 is 11.9 Å². The summed E-state index contributed by atoms with van der Waals surface area (Å²) < 4.78 is 5.93. The number of carbonyl (C=O) groups is 2. The second-order valence-corrected chi connectivity index (χ2v) is 19.0. The molecule has 0 saturated heterocycles. The molecule has 374 valence electrons. The maximum absolute atomic E-state index is 13.2. The Morgan fingerprint density at radius 1 is 0.453 bits per heavy atom. The summed E-state index contributed by atoms with van der Waals surface area (Å²) in [5.41, 5.74) is 0. The monoisotopic (exact) mass is 898 g/mol. The molecular weight excluding hydrogens is 791 g/mol. The molecule has 6 nitrogen and oxygen atoms in total. The molecule has 3 unspecified atom stereocenters. The predicted octanol–water partition coefficient (Wildman–Crippen LogP) is 17.0. The van der Waals surface area contributed by atoms with E-state index in [1.54, 1.807) is 0 Å². The van der Waals surface area contributed by atoms with Crippen LogP contribution in [0.1, 0.15) is 284 Å². The fourth-order valence-corrected chi connectivity index (χ4v) is 8.42. The quantitative estimate of drug-likeness (QED) is 0.0321. The van der Waals surface area contributed by atoms with E-state index < -0.39 is 18.2 Å². The van der Waals surface area contributed by atoms with Crippen molar-refractivity contribution in [2.24, 2.45) is 0 Å². The first-order valence-electron chi connectivity index (χ1n) is 27.9. The molecule has 0 aliphatic rings. The smallest absolute Gasteiger partial charge is 0.306 e. The minimum atomic E-state index is -0.795. The van der Waals surface area contributed by atoms with E-state index >= 15 is 0 Å². The Labute approximate surface area is 397 Å². The predicted molar refractivity (Wildman–Crippen MR) is 278 cm³/mol. The van der Waals surface area contributed by atoms with Crippen molar-refractivity contribution in [2.45, 2.75) is 302 Å². The average Bonchev–Trinajstić information content (AvgIpc) is 3.29. The van der Waals surface area contributed by atoms with Gasteiger partial charge in [-0.1, -0.05) is 256 Å². The van der Waals surface area contributed by atoms with E-state index in [9.17, 15) is 19.8 Å². The van der Waals surface area contributed by atoms with E-state index in [1.165, 1.54) is 167 Å². The summed E-state index contributed by atoms with van der Waals surface area (Å²) in [6, 6.07) is -0.710. The maximum atomic E-state index is 13.2. The van der Waals surface area contributed by atoms with Crippen LogP contribution in [0.5, 0.6) is 0 Å². The van der Waals surface area contributed by atoms with Crippen molar-refractivity contribution in [3.8, 4) is 0 Å². The number of hydrogen-bond acceptors (Lipinski definition) is 5. The molecule has 0 aromatic rings. The van der Waals surface area contributed by atoms with Crippen LogP contribution in [0.2, 0.25) is 0 Å². The molecule has 1 amide bonds. The van der Waals surface area contributed by atoms with Gasteiger partial charge in [-0.25, -0.2) is 0 Å². The van der Waals surface area contributed by atoms with E-state index in [0.29, 0.717) is 25.7 Å². The van der Waals surface area contributed by atoms with Gasteiger partial charge < -0.3 is 20.3 Å². The standard InChI is InChI=1S/C58H107NO5/c1-4-7-10-13-16-19-22-24-26-28-30-32-35-37-40-43-46-49-54(52-57(62)59-55(53-60)56(61)50-47-44-41-38-34-21-18-15-12-9-6-3)64-58(63)51-48-45-42-39-36-33-31-29-27-25-23-20-17-14-11-8-5-2/h17,20,25,27,31,33,39,42,54-56,60-61H,4-16,18-19,21-24,26,28-30,32,34-38,40-41,43-53H2,1-3H3,(H,59,62)/b20-17-,27-25-,33-31-,42-39-. The normalized spacial score (nSPS) is 13.5. The van der Waals surface area contributed by atoms with Crippen molar-refractivity contribution in [1.82, 2.24) is 5.32 Å². The summed E-state index contributed by atoms with van der Waals surface area (Å²) in [6.45, 7) is 6.46. The number of aliphatic hydroxyl groups is 2. The zero-order valence-corrected chi connectivity index (χ0v) is 42.7. The molecule has 0 spiro atoms. The van der Waals surface area contributed by atoms with Crippen molar-refractivity contribution < 1.29 is 24.5 Å². The molecule has 3 N–H and O–H groups in total. The summed E-state index contributed by atoms with van der Waals surface area (Å²) in [6.07, 6.45) is 63.2. The first kappa shape index (κ1) is 61.8. The lowest BCUT2D eigenvalue weighted by molar-refractivity contribution is -0.151. The minimum Gasteiger partial charge on any atom is -0.462 e. The third-order valence-corrected chi connectivity index (χ3v) is 12.7. The number of ether oxygens (including phenoxy) is 1. The lowest BCUT2D eigenvalue weighted by atomic mass is 10.0. The fraction of sp³-hybridized carbons (Fsp3) is 0.828. The number of unbranched alkanes of at least 4 members (excludes halogenated alkanes) is 30. The van der Waals surface area contributed by atoms with Gasteiger partial charge in [0.25, 0.3) is 0 Å². The van der Waals surface area contributed by atoms with Crippen LogP contribution in [0.15, 0.2) is 48.6 Å². The Morgan fingerprint density at radius 2 is 0.797 bits per heavy atom. The first-order chi connectivity index (χ1) is 31.5. The van der Waals surface area contributed by atoms with Crippen molar-refractivity contribution in [3.05, 3.63) is 48.6 Å². The number of esters is 1. The Hall–Kier alpha value is -2.18. The second kappa shape index (κ2) is 51.8. The van der Waals surface area contributed by atoms with Crippen LogP contribution in [-0.2, 0) is 14.3 Å². The zero-order chi connectivity index (χ0) is 46.7. The Balaban J connectivity index is 4.63. The third kappa shape index (κ3) is 46.4. The molecule has 0 saturated carbocycles. The van der Waals surface area contributed by atoms with Gasteiger partial charge in [0.15, 0.2) is 0 Å². The van der Waals surface area contributed by atoms with Gasteiger partial charge in [0, 0.05) is 6.42 Å². The second-order valence-electron chi connectivity index (χ2n) is 19.0. The number of hydrogen-bond donors (Lipinski definition) is 3. The van der Waals surface area contributed by atoms with Gasteiger partial charge in [0.2, 0.25) is 5.91 Å². The van der Waals surface area contributed by atoms with Crippen molar-refractivity contribution in [1.29, 1.82) is 0 Å². The highest BCUT2D eigenvalue weighted by atomic mass is 16.5. The highest BCUT2D eigenvalue weighted by Crippen LogP contribution is 2.18. The molecule has 6 heteroatoms. The molecular formula is C58H107NO5. The van der Waals surface area contributed by atoms with E-state index in [2.05, 4.69) is 74.7 Å². The summed E-state index contributed by atoms with van der Waals surface area (Å²) in [7, 11) is 0. The zero-order valence-electron chi connectivity index (χ0n) is 42.7. The Bertz CT molecular complexity index is 1100. The summed E-state index contributed by atoms with van der Waals surface area (Å²) in [4.78, 5) is 26.2. The molecule has 0 heterocycles. The van der Waals surface area contributed by atoms with Gasteiger partial charge in [0.1, 0.15) is 6.10 Å². The molecule has 0 fully saturated rings. The Kier molecular flexibility index (Phi) is 50.0. The average molecular weight is 898 g/mol. The summed E-state index contributed by atoms with van der Waals surface area (Å²) in [5.74, 6) is -0.529. The molecule has 64 heavy (non-hydrogen) atoms. The molecule has 0 aliphatic heterocycles. The topological polar surface area (TPSA) is 95.9 Å².